The third kappa shape index (κ3) is 3.59. The van der Waals surface area contributed by atoms with Gasteiger partial charge in [0.25, 0.3) is 0 Å². The molecule has 0 amide bonds. The van der Waals surface area contributed by atoms with Gasteiger partial charge in [0.05, 0.1) is 19.5 Å². The van der Waals surface area contributed by atoms with Crippen molar-refractivity contribution >= 4 is 5.95 Å². The van der Waals surface area contributed by atoms with Crippen LogP contribution < -0.4 is 10.5 Å². The van der Waals surface area contributed by atoms with Crippen LogP contribution in [-0.4, -0.2) is 54.3 Å². The lowest BCUT2D eigenvalue weighted by molar-refractivity contribution is 0.0320. The van der Waals surface area contributed by atoms with Gasteiger partial charge in [0, 0.05) is 19.6 Å². The lowest BCUT2D eigenvalue weighted by Gasteiger charge is -2.26. The number of hydrogen-bond donors (Lipinski definition) is 1. The standard InChI is InChI=1S/C15H17N5O3/c16-10-11-13(12-2-1-6-22-12)18-15(17)19-14(11)23-9-5-20-3-7-21-8-4-20/h1-2,6H,3-5,7-9H2,(H2,17,18,19). The molecule has 0 unspecified atom stereocenters. The fourth-order valence-corrected chi connectivity index (χ4v) is 2.35. The van der Waals surface area contributed by atoms with E-state index in [1.54, 1.807) is 12.1 Å². The van der Waals surface area contributed by atoms with Crippen LogP contribution >= 0.6 is 0 Å². The van der Waals surface area contributed by atoms with Crippen LogP contribution in [0.5, 0.6) is 5.88 Å². The Kier molecular flexibility index (Phi) is 4.71. The average Bonchev–Trinajstić information content (AvgIpc) is 3.10. The quantitative estimate of drug-likeness (QED) is 0.866. The van der Waals surface area contributed by atoms with E-state index in [-0.39, 0.29) is 17.4 Å². The molecule has 0 saturated carbocycles. The van der Waals surface area contributed by atoms with Crippen molar-refractivity contribution in [2.45, 2.75) is 0 Å². The molecular weight excluding hydrogens is 298 g/mol. The van der Waals surface area contributed by atoms with E-state index in [1.165, 1.54) is 6.26 Å². The second-order valence-electron chi connectivity index (χ2n) is 5.00. The van der Waals surface area contributed by atoms with Crippen molar-refractivity contribution in [1.82, 2.24) is 14.9 Å². The maximum Gasteiger partial charge on any atom is 0.237 e. The van der Waals surface area contributed by atoms with E-state index in [1.807, 2.05) is 0 Å². The number of morpholine rings is 1. The van der Waals surface area contributed by atoms with Gasteiger partial charge in [-0.15, -0.1) is 0 Å². The first kappa shape index (κ1) is 15.3. The zero-order valence-electron chi connectivity index (χ0n) is 12.6. The molecule has 0 aliphatic carbocycles. The monoisotopic (exact) mass is 315 g/mol. The number of aromatic nitrogens is 2. The molecule has 0 bridgehead atoms. The van der Waals surface area contributed by atoms with Gasteiger partial charge in [-0.05, 0) is 12.1 Å². The van der Waals surface area contributed by atoms with Crippen LogP contribution in [0.25, 0.3) is 11.5 Å². The van der Waals surface area contributed by atoms with Gasteiger partial charge in [0.15, 0.2) is 5.76 Å². The van der Waals surface area contributed by atoms with Gasteiger partial charge in [-0.3, -0.25) is 4.90 Å². The number of nitrogen functional groups attached to an aromatic ring is 1. The van der Waals surface area contributed by atoms with Gasteiger partial charge in [-0.1, -0.05) is 0 Å². The minimum Gasteiger partial charge on any atom is -0.475 e. The first-order valence-electron chi connectivity index (χ1n) is 7.32. The smallest absolute Gasteiger partial charge is 0.237 e. The zero-order chi connectivity index (χ0) is 16.1. The topological polar surface area (TPSA) is 110 Å². The van der Waals surface area contributed by atoms with Gasteiger partial charge >= 0.3 is 0 Å². The summed E-state index contributed by atoms with van der Waals surface area (Å²) in [5.74, 6) is 0.671. The fraction of sp³-hybridized carbons (Fsp3) is 0.400. The number of hydrogen-bond acceptors (Lipinski definition) is 8. The van der Waals surface area contributed by atoms with Crippen molar-refractivity contribution in [3.8, 4) is 23.4 Å². The Morgan fingerprint density at radius 3 is 2.87 bits per heavy atom. The SMILES string of the molecule is N#Cc1c(OCCN2CCOCC2)nc(N)nc1-c1ccco1. The lowest BCUT2D eigenvalue weighted by atomic mass is 10.2. The molecule has 1 aliphatic rings. The molecule has 0 atom stereocenters. The third-order valence-corrected chi connectivity index (χ3v) is 3.51. The Hall–Kier alpha value is -2.63. The van der Waals surface area contributed by atoms with Gasteiger partial charge < -0.3 is 19.6 Å². The minimum atomic E-state index is 0.0387. The van der Waals surface area contributed by atoms with Crippen LogP contribution in [0.2, 0.25) is 0 Å². The summed E-state index contributed by atoms with van der Waals surface area (Å²) in [6.07, 6.45) is 1.51. The van der Waals surface area contributed by atoms with Crippen LogP contribution in [0.3, 0.4) is 0 Å². The second kappa shape index (κ2) is 7.09. The van der Waals surface area contributed by atoms with E-state index in [0.29, 0.717) is 18.1 Å². The molecule has 0 radical (unpaired) electrons. The molecule has 1 saturated heterocycles. The largest absolute Gasteiger partial charge is 0.475 e. The highest BCUT2D eigenvalue weighted by molar-refractivity contribution is 5.65. The Morgan fingerprint density at radius 1 is 1.35 bits per heavy atom. The number of nitrogens with two attached hydrogens (primary N) is 1. The van der Waals surface area contributed by atoms with Crippen LogP contribution in [0, 0.1) is 11.3 Å². The summed E-state index contributed by atoms with van der Waals surface area (Å²) in [6, 6.07) is 5.49. The number of nitrogens with zero attached hydrogens (tertiary/aromatic N) is 4. The molecule has 2 aromatic rings. The first-order valence-corrected chi connectivity index (χ1v) is 7.32. The van der Waals surface area contributed by atoms with Crippen LogP contribution in [-0.2, 0) is 4.74 Å². The normalized spacial score (nSPS) is 15.3. The van der Waals surface area contributed by atoms with E-state index in [0.717, 1.165) is 32.8 Å². The molecule has 8 nitrogen and oxygen atoms in total. The molecule has 120 valence electrons. The van der Waals surface area contributed by atoms with E-state index in [2.05, 4.69) is 20.9 Å². The zero-order valence-corrected chi connectivity index (χ0v) is 12.6. The summed E-state index contributed by atoms with van der Waals surface area (Å²) in [7, 11) is 0. The van der Waals surface area contributed by atoms with Crippen molar-refractivity contribution in [1.29, 1.82) is 5.26 Å². The maximum absolute atomic E-state index is 9.42. The van der Waals surface area contributed by atoms with Crippen LogP contribution in [0.1, 0.15) is 5.56 Å². The van der Waals surface area contributed by atoms with E-state index < -0.39 is 0 Å². The molecule has 0 aromatic carbocycles. The molecule has 1 fully saturated rings. The summed E-state index contributed by atoms with van der Waals surface area (Å²) in [5.41, 5.74) is 6.28. The van der Waals surface area contributed by atoms with Crippen molar-refractivity contribution < 1.29 is 13.9 Å². The molecular formula is C15H17N5O3. The summed E-state index contributed by atoms with van der Waals surface area (Å²) in [6.45, 7) is 4.34. The first-order chi connectivity index (χ1) is 11.3. The Morgan fingerprint density at radius 2 is 2.17 bits per heavy atom. The molecule has 1 aliphatic heterocycles. The minimum absolute atomic E-state index is 0.0387. The number of nitriles is 1. The number of furan rings is 1. The van der Waals surface area contributed by atoms with Gasteiger partial charge in [-0.2, -0.15) is 10.2 Å². The average molecular weight is 315 g/mol. The molecule has 3 heterocycles. The van der Waals surface area contributed by atoms with Gasteiger partial charge in [-0.25, -0.2) is 4.98 Å². The Balaban J connectivity index is 1.74. The van der Waals surface area contributed by atoms with Crippen molar-refractivity contribution in [2.24, 2.45) is 0 Å². The molecule has 2 N–H and O–H groups in total. The van der Waals surface area contributed by atoms with E-state index in [9.17, 15) is 5.26 Å². The fourth-order valence-electron chi connectivity index (χ4n) is 2.35. The number of anilines is 1. The second-order valence-corrected chi connectivity index (χ2v) is 5.00. The van der Waals surface area contributed by atoms with Crippen molar-refractivity contribution in [2.75, 3.05) is 45.2 Å². The third-order valence-electron chi connectivity index (χ3n) is 3.51. The molecule has 0 spiro atoms. The number of ether oxygens (including phenoxy) is 2. The molecule has 2 aromatic heterocycles. The van der Waals surface area contributed by atoms with Crippen LogP contribution in [0.15, 0.2) is 22.8 Å². The molecule has 8 heteroatoms. The predicted octanol–water partition coefficient (Wildman–Crippen LogP) is 0.901. The van der Waals surface area contributed by atoms with Gasteiger partial charge in [0.2, 0.25) is 11.8 Å². The summed E-state index contributed by atoms with van der Waals surface area (Å²) in [4.78, 5) is 10.4. The van der Waals surface area contributed by atoms with Crippen molar-refractivity contribution in [3.05, 3.63) is 24.0 Å². The summed E-state index contributed by atoms with van der Waals surface area (Å²) >= 11 is 0. The molecule has 3 rings (SSSR count). The predicted molar refractivity (Wildman–Crippen MR) is 81.6 cm³/mol. The summed E-state index contributed by atoms with van der Waals surface area (Å²) < 4.78 is 16.3. The number of rotatable bonds is 5. The van der Waals surface area contributed by atoms with Crippen LogP contribution in [0.4, 0.5) is 5.95 Å². The van der Waals surface area contributed by atoms with E-state index in [4.69, 9.17) is 19.6 Å². The van der Waals surface area contributed by atoms with Crippen molar-refractivity contribution in [3.63, 3.8) is 0 Å². The van der Waals surface area contributed by atoms with Gasteiger partial charge in [0.1, 0.15) is 23.9 Å². The molecule has 23 heavy (non-hydrogen) atoms. The summed E-state index contributed by atoms with van der Waals surface area (Å²) in [5, 5.41) is 9.42. The maximum atomic E-state index is 9.42. The Bertz CT molecular complexity index is 690. The highest BCUT2D eigenvalue weighted by Gasteiger charge is 2.18. The van der Waals surface area contributed by atoms with E-state index >= 15 is 0 Å². The highest BCUT2D eigenvalue weighted by Crippen LogP contribution is 2.28. The Labute approximate surface area is 133 Å². The highest BCUT2D eigenvalue weighted by atomic mass is 16.5. The lowest BCUT2D eigenvalue weighted by Crippen LogP contribution is -2.38.